The van der Waals surface area contributed by atoms with Gasteiger partial charge in [-0.1, -0.05) is 47.6 Å². The van der Waals surface area contributed by atoms with Gasteiger partial charge in [-0.05, 0) is 24.3 Å². The quantitative estimate of drug-likeness (QED) is 0.419. The van der Waals surface area contributed by atoms with Crippen molar-refractivity contribution in [1.29, 1.82) is 0 Å². The first kappa shape index (κ1) is 18.8. The molecule has 0 aliphatic rings. The minimum Gasteiger partial charge on any atom is -0.462 e. The van der Waals surface area contributed by atoms with Crippen LogP contribution in [-0.2, 0) is 0 Å². The summed E-state index contributed by atoms with van der Waals surface area (Å²) in [6, 6.07) is 20.0. The first-order chi connectivity index (χ1) is 15.2. The summed E-state index contributed by atoms with van der Waals surface area (Å²) in [6.45, 7) is 0. The first-order valence-corrected chi connectivity index (χ1v) is 10.1. The summed E-state index contributed by atoms with van der Waals surface area (Å²) in [4.78, 5) is 32.0. The first-order valence-electron chi connectivity index (χ1n) is 9.25. The predicted octanol–water partition coefficient (Wildman–Crippen LogP) is 4.67. The summed E-state index contributed by atoms with van der Waals surface area (Å²) in [6.07, 6.45) is 1.57. The SMILES string of the molecule is O=C(Nc1cccc(-c2noc(=O)[nH]2)c1)c1sc(-c2ccco2)nc1-c1ccccc1. The molecular formula is C22H14N4O4S. The topological polar surface area (TPSA) is 114 Å². The van der Waals surface area contributed by atoms with Gasteiger partial charge >= 0.3 is 5.76 Å². The van der Waals surface area contributed by atoms with Crippen LogP contribution in [0.15, 0.2) is 86.7 Å². The molecule has 0 fully saturated rings. The summed E-state index contributed by atoms with van der Waals surface area (Å²) in [5, 5.41) is 7.18. The highest BCUT2D eigenvalue weighted by Crippen LogP contribution is 2.34. The largest absolute Gasteiger partial charge is 0.462 e. The van der Waals surface area contributed by atoms with E-state index in [9.17, 15) is 9.59 Å². The number of aromatic amines is 1. The molecule has 0 atom stereocenters. The van der Waals surface area contributed by atoms with E-state index in [2.05, 4.69) is 25.0 Å². The molecule has 9 heteroatoms. The van der Waals surface area contributed by atoms with Crippen molar-refractivity contribution in [2.75, 3.05) is 5.32 Å². The molecule has 1 amide bonds. The number of rotatable bonds is 5. The summed E-state index contributed by atoms with van der Waals surface area (Å²) in [7, 11) is 0. The van der Waals surface area contributed by atoms with Gasteiger partial charge in [0.25, 0.3) is 5.91 Å². The van der Waals surface area contributed by atoms with Gasteiger partial charge < -0.3 is 9.73 Å². The second-order valence-electron chi connectivity index (χ2n) is 6.52. The van der Waals surface area contributed by atoms with Gasteiger partial charge in [-0.2, -0.15) is 0 Å². The van der Waals surface area contributed by atoms with E-state index < -0.39 is 5.76 Å². The van der Waals surface area contributed by atoms with Crippen molar-refractivity contribution in [1.82, 2.24) is 15.1 Å². The lowest BCUT2D eigenvalue weighted by molar-refractivity contribution is 0.103. The molecule has 2 N–H and O–H groups in total. The fraction of sp³-hybridized carbons (Fsp3) is 0. The number of anilines is 1. The number of hydrogen-bond acceptors (Lipinski definition) is 7. The van der Waals surface area contributed by atoms with Crippen LogP contribution in [0.3, 0.4) is 0 Å². The summed E-state index contributed by atoms with van der Waals surface area (Å²) < 4.78 is 10.0. The third-order valence-corrected chi connectivity index (χ3v) is 5.52. The molecule has 0 radical (unpaired) electrons. The Morgan fingerprint density at radius 2 is 1.84 bits per heavy atom. The van der Waals surface area contributed by atoms with E-state index in [1.54, 1.807) is 42.7 Å². The summed E-state index contributed by atoms with van der Waals surface area (Å²) in [5.41, 5.74) is 2.55. The molecule has 0 saturated carbocycles. The second kappa shape index (κ2) is 7.88. The molecule has 5 rings (SSSR count). The van der Waals surface area contributed by atoms with Crippen LogP contribution in [0, 0.1) is 0 Å². The van der Waals surface area contributed by atoms with E-state index in [4.69, 9.17) is 4.42 Å². The summed E-state index contributed by atoms with van der Waals surface area (Å²) in [5.74, 6) is -0.0748. The number of benzene rings is 2. The van der Waals surface area contributed by atoms with Gasteiger partial charge in [0.2, 0.25) is 0 Å². The number of H-pyrrole nitrogens is 1. The lowest BCUT2D eigenvalue weighted by atomic mass is 10.1. The van der Waals surface area contributed by atoms with Gasteiger partial charge in [-0.25, -0.2) is 9.78 Å². The molecule has 5 aromatic rings. The van der Waals surface area contributed by atoms with Crippen LogP contribution in [0.25, 0.3) is 33.4 Å². The van der Waals surface area contributed by atoms with Crippen molar-refractivity contribution in [3.05, 3.63) is 88.4 Å². The van der Waals surface area contributed by atoms with Gasteiger partial charge in [-0.3, -0.25) is 14.3 Å². The zero-order valence-corrected chi connectivity index (χ0v) is 16.7. The third kappa shape index (κ3) is 3.81. The van der Waals surface area contributed by atoms with Crippen molar-refractivity contribution in [2.45, 2.75) is 0 Å². The van der Waals surface area contributed by atoms with Gasteiger partial charge in [0, 0.05) is 16.8 Å². The lowest BCUT2D eigenvalue weighted by Gasteiger charge is -2.06. The number of aromatic nitrogens is 3. The van der Waals surface area contributed by atoms with Crippen molar-refractivity contribution in [2.24, 2.45) is 0 Å². The standard InChI is InChI=1S/C22H14N4O4S/c27-20(23-15-9-4-8-14(12-15)19-25-22(28)30-26-19)18-17(13-6-2-1-3-7-13)24-21(31-18)16-10-5-11-29-16/h1-12H,(H,23,27)(H,25,26,28). The monoisotopic (exact) mass is 430 g/mol. The van der Waals surface area contributed by atoms with Crippen molar-refractivity contribution in [3.8, 4) is 33.4 Å². The number of carbonyl (C=O) groups is 1. The van der Waals surface area contributed by atoms with Crippen LogP contribution in [0.4, 0.5) is 5.69 Å². The Morgan fingerprint density at radius 1 is 1.00 bits per heavy atom. The molecule has 0 unspecified atom stereocenters. The van der Waals surface area contributed by atoms with Crippen LogP contribution in [0.1, 0.15) is 9.67 Å². The lowest BCUT2D eigenvalue weighted by Crippen LogP contribution is -2.11. The van der Waals surface area contributed by atoms with Crippen LogP contribution >= 0.6 is 11.3 Å². The number of amides is 1. The van der Waals surface area contributed by atoms with E-state index in [0.717, 1.165) is 5.56 Å². The third-order valence-electron chi connectivity index (χ3n) is 4.45. The molecule has 3 heterocycles. The number of nitrogens with one attached hydrogen (secondary N) is 2. The van der Waals surface area contributed by atoms with Gasteiger partial charge in [0.05, 0.1) is 12.0 Å². The average molecular weight is 430 g/mol. The van der Waals surface area contributed by atoms with E-state index >= 15 is 0 Å². The zero-order valence-electron chi connectivity index (χ0n) is 15.9. The summed E-state index contributed by atoms with van der Waals surface area (Å²) >= 11 is 1.25. The van der Waals surface area contributed by atoms with Gasteiger partial charge in [0.15, 0.2) is 16.6 Å². The molecule has 0 bridgehead atoms. The maximum absolute atomic E-state index is 13.2. The molecule has 152 valence electrons. The van der Waals surface area contributed by atoms with E-state index in [1.165, 1.54) is 11.3 Å². The highest BCUT2D eigenvalue weighted by molar-refractivity contribution is 7.17. The Morgan fingerprint density at radius 3 is 2.58 bits per heavy atom. The van der Waals surface area contributed by atoms with Gasteiger partial charge in [0.1, 0.15) is 4.88 Å². The van der Waals surface area contributed by atoms with Crippen LogP contribution in [0.5, 0.6) is 0 Å². The van der Waals surface area contributed by atoms with E-state index in [1.807, 2.05) is 30.3 Å². The van der Waals surface area contributed by atoms with E-state index in [-0.39, 0.29) is 11.7 Å². The number of hydrogen-bond donors (Lipinski definition) is 2. The molecule has 0 saturated heterocycles. The fourth-order valence-electron chi connectivity index (χ4n) is 3.06. The number of nitrogens with zero attached hydrogens (tertiary/aromatic N) is 2. The molecule has 8 nitrogen and oxygen atoms in total. The van der Waals surface area contributed by atoms with Crippen molar-refractivity contribution in [3.63, 3.8) is 0 Å². The fourth-order valence-corrected chi connectivity index (χ4v) is 4.01. The average Bonchev–Trinajstić information content (AvgIpc) is 3.55. The Balaban J connectivity index is 1.50. The van der Waals surface area contributed by atoms with Gasteiger partial charge in [-0.15, -0.1) is 11.3 Å². The Bertz CT molecular complexity index is 1400. The highest BCUT2D eigenvalue weighted by atomic mass is 32.1. The number of thiazole rings is 1. The maximum atomic E-state index is 13.2. The molecule has 0 spiro atoms. The maximum Gasteiger partial charge on any atom is 0.439 e. The van der Waals surface area contributed by atoms with Crippen LogP contribution in [0.2, 0.25) is 0 Å². The smallest absolute Gasteiger partial charge is 0.439 e. The number of carbonyl (C=O) groups excluding carboxylic acids is 1. The Labute approximate surface area is 179 Å². The highest BCUT2D eigenvalue weighted by Gasteiger charge is 2.21. The molecule has 0 aliphatic carbocycles. The molecule has 0 aliphatic heterocycles. The number of furan rings is 1. The van der Waals surface area contributed by atoms with Crippen LogP contribution in [-0.4, -0.2) is 21.0 Å². The Kier molecular flexibility index (Phi) is 4.77. The van der Waals surface area contributed by atoms with Crippen molar-refractivity contribution >= 4 is 22.9 Å². The minimum absolute atomic E-state index is 0.281. The minimum atomic E-state index is -0.646. The zero-order chi connectivity index (χ0) is 21.2. The normalized spacial score (nSPS) is 10.8. The Hall–Kier alpha value is -4.24. The van der Waals surface area contributed by atoms with E-state index in [0.29, 0.717) is 32.6 Å². The molecule has 3 aromatic heterocycles. The van der Waals surface area contributed by atoms with Crippen molar-refractivity contribution < 1.29 is 13.7 Å². The molecular weight excluding hydrogens is 416 g/mol. The van der Waals surface area contributed by atoms with Crippen LogP contribution < -0.4 is 11.1 Å². The molecule has 2 aromatic carbocycles. The second-order valence-corrected chi connectivity index (χ2v) is 7.52. The molecule has 31 heavy (non-hydrogen) atoms. The predicted molar refractivity (Wildman–Crippen MR) is 116 cm³/mol.